The minimum absolute atomic E-state index is 0.324. The van der Waals surface area contributed by atoms with E-state index < -0.39 is 0 Å². The van der Waals surface area contributed by atoms with Crippen molar-refractivity contribution >= 4 is 33.4 Å². The van der Waals surface area contributed by atoms with Crippen LogP contribution in [0.1, 0.15) is 27.6 Å². The van der Waals surface area contributed by atoms with E-state index in [4.69, 9.17) is 4.74 Å². The lowest BCUT2D eigenvalue weighted by molar-refractivity contribution is 0.0925. The number of ether oxygens (including phenoxy) is 1. The molecule has 0 spiro atoms. The van der Waals surface area contributed by atoms with E-state index in [1.807, 2.05) is 13.0 Å². The van der Waals surface area contributed by atoms with Crippen molar-refractivity contribution in [3.63, 3.8) is 0 Å². The van der Waals surface area contributed by atoms with Crippen LogP contribution < -0.4 is 9.64 Å². The Balaban J connectivity index is 2.13. The first-order valence-electron chi connectivity index (χ1n) is 6.53. The van der Waals surface area contributed by atoms with Crippen LogP contribution in [-0.2, 0) is 0 Å². The summed E-state index contributed by atoms with van der Waals surface area (Å²) in [5, 5.41) is 0. The first-order valence-corrected chi connectivity index (χ1v) is 7.33. The normalized spacial score (nSPS) is 13.5. The lowest BCUT2D eigenvalue weighted by Crippen LogP contribution is -2.29. The van der Waals surface area contributed by atoms with Crippen LogP contribution in [0.5, 0.6) is 5.75 Å². The summed E-state index contributed by atoms with van der Waals surface area (Å²) in [5.74, 6) is -0.139. The van der Waals surface area contributed by atoms with Crippen LogP contribution in [0.3, 0.4) is 0 Å². The summed E-state index contributed by atoms with van der Waals surface area (Å²) in [4.78, 5) is 26.2. The highest BCUT2D eigenvalue weighted by Gasteiger charge is 2.37. The minimum Gasteiger partial charge on any atom is -0.492 e. The molecule has 0 fully saturated rings. The summed E-state index contributed by atoms with van der Waals surface area (Å²) in [6, 6.07) is 12.1. The number of benzene rings is 2. The SMILES string of the molecule is CCOc1ccc(Br)cc1N1C(=O)c2ccccc2C1=O. The molecule has 0 aliphatic carbocycles. The summed E-state index contributed by atoms with van der Waals surface area (Å²) >= 11 is 3.36. The van der Waals surface area contributed by atoms with Crippen molar-refractivity contribution < 1.29 is 14.3 Å². The summed E-state index contributed by atoms with van der Waals surface area (Å²) in [7, 11) is 0. The molecule has 2 aromatic rings. The zero-order valence-electron chi connectivity index (χ0n) is 11.3. The third-order valence-electron chi connectivity index (χ3n) is 3.26. The minimum atomic E-state index is -0.324. The molecule has 1 heterocycles. The van der Waals surface area contributed by atoms with Crippen LogP contribution in [0, 0.1) is 0 Å². The van der Waals surface area contributed by atoms with Crippen LogP contribution in [0.4, 0.5) is 5.69 Å². The molecule has 21 heavy (non-hydrogen) atoms. The molecule has 0 aromatic heterocycles. The number of imide groups is 1. The fourth-order valence-electron chi connectivity index (χ4n) is 2.35. The Bertz CT molecular complexity index is 707. The highest BCUT2D eigenvalue weighted by atomic mass is 79.9. The third-order valence-corrected chi connectivity index (χ3v) is 3.75. The third kappa shape index (κ3) is 2.23. The Hall–Kier alpha value is -2.14. The van der Waals surface area contributed by atoms with Gasteiger partial charge in [0, 0.05) is 4.47 Å². The van der Waals surface area contributed by atoms with Gasteiger partial charge in [-0.1, -0.05) is 28.1 Å². The predicted molar refractivity (Wildman–Crippen MR) is 82.9 cm³/mol. The van der Waals surface area contributed by atoms with Gasteiger partial charge in [-0.05, 0) is 37.3 Å². The number of carbonyl (C=O) groups is 2. The number of amides is 2. The highest BCUT2D eigenvalue weighted by Crippen LogP contribution is 2.36. The molecule has 3 rings (SSSR count). The van der Waals surface area contributed by atoms with E-state index in [-0.39, 0.29) is 11.8 Å². The van der Waals surface area contributed by atoms with Gasteiger partial charge in [0.25, 0.3) is 11.8 Å². The molecule has 0 atom stereocenters. The van der Waals surface area contributed by atoms with E-state index in [9.17, 15) is 9.59 Å². The molecule has 0 bridgehead atoms. The zero-order chi connectivity index (χ0) is 15.0. The van der Waals surface area contributed by atoms with Crippen molar-refractivity contribution in [2.45, 2.75) is 6.92 Å². The Morgan fingerprint density at radius 3 is 2.24 bits per heavy atom. The van der Waals surface area contributed by atoms with E-state index in [1.165, 1.54) is 4.90 Å². The number of anilines is 1. The number of halogens is 1. The van der Waals surface area contributed by atoms with Crippen LogP contribution in [0.2, 0.25) is 0 Å². The van der Waals surface area contributed by atoms with Gasteiger partial charge in [0.2, 0.25) is 0 Å². The number of nitrogens with zero attached hydrogens (tertiary/aromatic N) is 1. The van der Waals surface area contributed by atoms with Gasteiger partial charge < -0.3 is 4.74 Å². The van der Waals surface area contributed by atoms with Crippen LogP contribution in [0.25, 0.3) is 0 Å². The number of hydrogen-bond donors (Lipinski definition) is 0. The van der Waals surface area contributed by atoms with Gasteiger partial charge >= 0.3 is 0 Å². The van der Waals surface area contributed by atoms with Gasteiger partial charge in [-0.3, -0.25) is 9.59 Å². The molecule has 0 saturated heterocycles. The molecule has 0 unspecified atom stereocenters. The predicted octanol–water partition coefficient (Wildman–Crippen LogP) is 3.65. The van der Waals surface area contributed by atoms with E-state index in [2.05, 4.69) is 15.9 Å². The van der Waals surface area contributed by atoms with E-state index in [1.54, 1.807) is 36.4 Å². The van der Waals surface area contributed by atoms with Gasteiger partial charge in [-0.2, -0.15) is 0 Å². The molecule has 4 nitrogen and oxygen atoms in total. The average Bonchev–Trinajstić information content (AvgIpc) is 2.74. The number of rotatable bonds is 3. The fraction of sp³-hybridized carbons (Fsp3) is 0.125. The van der Waals surface area contributed by atoms with Crippen molar-refractivity contribution in [2.75, 3.05) is 11.5 Å². The second-order valence-electron chi connectivity index (χ2n) is 4.54. The van der Waals surface area contributed by atoms with E-state index in [0.717, 1.165) is 4.47 Å². The van der Waals surface area contributed by atoms with Crippen molar-refractivity contribution in [1.82, 2.24) is 0 Å². The van der Waals surface area contributed by atoms with Gasteiger partial charge in [-0.15, -0.1) is 0 Å². The van der Waals surface area contributed by atoms with Crippen LogP contribution in [-0.4, -0.2) is 18.4 Å². The smallest absolute Gasteiger partial charge is 0.266 e. The lowest BCUT2D eigenvalue weighted by atomic mass is 10.1. The van der Waals surface area contributed by atoms with Gasteiger partial charge in [0.1, 0.15) is 5.75 Å². The second kappa shape index (κ2) is 5.33. The molecule has 0 radical (unpaired) electrons. The number of hydrogen-bond acceptors (Lipinski definition) is 3. The first-order chi connectivity index (χ1) is 10.1. The van der Waals surface area contributed by atoms with Gasteiger partial charge in [-0.25, -0.2) is 4.90 Å². The monoisotopic (exact) mass is 345 g/mol. The maximum Gasteiger partial charge on any atom is 0.266 e. The van der Waals surface area contributed by atoms with Crippen molar-refractivity contribution in [1.29, 1.82) is 0 Å². The van der Waals surface area contributed by atoms with Crippen molar-refractivity contribution in [2.24, 2.45) is 0 Å². The number of fused-ring (bicyclic) bond motifs is 1. The fourth-order valence-corrected chi connectivity index (χ4v) is 2.70. The topological polar surface area (TPSA) is 46.6 Å². The quantitative estimate of drug-likeness (QED) is 0.797. The Morgan fingerprint density at radius 1 is 1.05 bits per heavy atom. The van der Waals surface area contributed by atoms with E-state index >= 15 is 0 Å². The Kier molecular flexibility index (Phi) is 3.51. The standard InChI is InChI=1S/C16H12BrNO3/c1-2-21-14-8-7-10(17)9-13(14)18-15(19)11-5-3-4-6-12(11)16(18)20/h3-9H,2H2,1H3. The highest BCUT2D eigenvalue weighted by molar-refractivity contribution is 9.10. The molecular formula is C16H12BrNO3. The van der Waals surface area contributed by atoms with Gasteiger partial charge in [0.05, 0.1) is 23.4 Å². The molecule has 2 amide bonds. The zero-order valence-corrected chi connectivity index (χ0v) is 12.9. The second-order valence-corrected chi connectivity index (χ2v) is 5.45. The van der Waals surface area contributed by atoms with Crippen molar-refractivity contribution in [3.8, 4) is 5.75 Å². The Morgan fingerprint density at radius 2 is 1.67 bits per heavy atom. The number of carbonyl (C=O) groups excluding carboxylic acids is 2. The maximum atomic E-state index is 12.5. The summed E-state index contributed by atoms with van der Waals surface area (Å²) in [6.07, 6.45) is 0. The average molecular weight is 346 g/mol. The first kappa shape index (κ1) is 13.8. The van der Waals surface area contributed by atoms with Gasteiger partial charge in [0.15, 0.2) is 0 Å². The molecular weight excluding hydrogens is 334 g/mol. The molecule has 0 saturated carbocycles. The summed E-state index contributed by atoms with van der Waals surface area (Å²) < 4.78 is 6.31. The molecule has 5 heteroatoms. The van der Waals surface area contributed by atoms with E-state index in [0.29, 0.717) is 29.2 Å². The maximum absolute atomic E-state index is 12.5. The molecule has 2 aromatic carbocycles. The molecule has 0 N–H and O–H groups in total. The van der Waals surface area contributed by atoms with Crippen molar-refractivity contribution in [3.05, 3.63) is 58.1 Å². The van der Waals surface area contributed by atoms with Crippen LogP contribution >= 0.6 is 15.9 Å². The molecule has 106 valence electrons. The molecule has 1 aliphatic heterocycles. The summed E-state index contributed by atoms with van der Waals surface area (Å²) in [6.45, 7) is 2.31. The van der Waals surface area contributed by atoms with Crippen LogP contribution in [0.15, 0.2) is 46.9 Å². The lowest BCUT2D eigenvalue weighted by Gasteiger charge is -2.18. The summed E-state index contributed by atoms with van der Waals surface area (Å²) in [5.41, 5.74) is 1.30. The largest absolute Gasteiger partial charge is 0.492 e. The Labute approximate surface area is 130 Å². The molecule has 1 aliphatic rings.